The Bertz CT molecular complexity index is 606. The number of rotatable bonds is 2. The smallest absolute Gasteiger partial charge is 0.182 e. The summed E-state index contributed by atoms with van der Waals surface area (Å²) < 4.78 is 25.3. The van der Waals surface area contributed by atoms with E-state index in [0.29, 0.717) is 23.8 Å². The first-order valence-electron chi connectivity index (χ1n) is 6.34. The van der Waals surface area contributed by atoms with Crippen molar-refractivity contribution in [3.63, 3.8) is 0 Å². The van der Waals surface area contributed by atoms with Gasteiger partial charge in [-0.05, 0) is 43.4 Å². The summed E-state index contributed by atoms with van der Waals surface area (Å²) in [6.45, 7) is 2.04. The molecule has 1 aliphatic rings. The average Bonchev–Trinajstić information content (AvgIpc) is 2.38. The van der Waals surface area contributed by atoms with Crippen molar-refractivity contribution in [2.45, 2.75) is 36.3 Å². The first-order valence-corrected chi connectivity index (χ1v) is 8.26. The van der Waals surface area contributed by atoms with E-state index in [-0.39, 0.29) is 4.90 Å². The van der Waals surface area contributed by atoms with E-state index in [2.05, 4.69) is 6.07 Å². The van der Waals surface area contributed by atoms with Crippen LogP contribution in [0.25, 0.3) is 0 Å². The van der Waals surface area contributed by atoms with Gasteiger partial charge in [-0.25, -0.2) is 8.42 Å². The normalized spacial score (nSPS) is 27.7. The van der Waals surface area contributed by atoms with Crippen LogP contribution in [0.3, 0.4) is 0 Å². The van der Waals surface area contributed by atoms with Crippen LogP contribution in [0.2, 0.25) is 5.02 Å². The maximum absolute atomic E-state index is 12.6. The van der Waals surface area contributed by atoms with Gasteiger partial charge in [0.2, 0.25) is 0 Å². The van der Waals surface area contributed by atoms with E-state index in [1.165, 1.54) is 6.07 Å². The Hall–Kier alpha value is -1.05. The molecule has 0 amide bonds. The van der Waals surface area contributed by atoms with E-state index >= 15 is 0 Å². The molecule has 0 heterocycles. The van der Waals surface area contributed by atoms with E-state index in [9.17, 15) is 13.7 Å². The number of halogens is 1. The predicted molar refractivity (Wildman–Crippen MR) is 74.5 cm³/mol. The summed E-state index contributed by atoms with van der Waals surface area (Å²) >= 11 is 5.86. The molecule has 0 aromatic heterocycles. The molecule has 3 nitrogen and oxygen atoms in total. The Kier molecular flexibility index (Phi) is 4.17. The molecule has 102 valence electrons. The van der Waals surface area contributed by atoms with Crippen LogP contribution in [0.5, 0.6) is 0 Å². The van der Waals surface area contributed by atoms with Crippen molar-refractivity contribution in [2.75, 3.05) is 0 Å². The van der Waals surface area contributed by atoms with Crippen LogP contribution in [-0.2, 0) is 9.84 Å². The minimum atomic E-state index is -3.49. The van der Waals surface area contributed by atoms with Gasteiger partial charge in [-0.15, -0.1) is 0 Å². The molecule has 3 unspecified atom stereocenters. The molecule has 1 saturated carbocycles. The van der Waals surface area contributed by atoms with Crippen molar-refractivity contribution in [1.29, 1.82) is 5.26 Å². The van der Waals surface area contributed by atoms with E-state index < -0.39 is 21.0 Å². The van der Waals surface area contributed by atoms with E-state index in [1.807, 2.05) is 6.92 Å². The van der Waals surface area contributed by atoms with Gasteiger partial charge < -0.3 is 0 Å². The molecule has 0 spiro atoms. The summed E-state index contributed by atoms with van der Waals surface area (Å²) in [6.07, 6.45) is 2.12. The highest BCUT2D eigenvalue weighted by Crippen LogP contribution is 2.36. The fraction of sp³-hybridized carbons (Fsp3) is 0.500. The van der Waals surface area contributed by atoms with Crippen LogP contribution in [0, 0.1) is 23.2 Å². The van der Waals surface area contributed by atoms with Crippen molar-refractivity contribution < 1.29 is 8.42 Å². The zero-order chi connectivity index (χ0) is 14.0. The van der Waals surface area contributed by atoms with Gasteiger partial charge >= 0.3 is 0 Å². The minimum absolute atomic E-state index is 0.222. The number of sulfone groups is 1. The maximum Gasteiger partial charge on any atom is 0.182 e. The SMILES string of the molecule is CC1CCC(C#N)C(S(=O)(=O)c2cccc(Cl)c2)C1. The Labute approximate surface area is 119 Å². The van der Waals surface area contributed by atoms with E-state index in [1.54, 1.807) is 18.2 Å². The molecular weight excluding hydrogens is 282 g/mol. The van der Waals surface area contributed by atoms with Crippen LogP contribution in [0.15, 0.2) is 29.2 Å². The monoisotopic (exact) mass is 297 g/mol. The fourth-order valence-corrected chi connectivity index (χ4v) is 5.01. The molecule has 3 atom stereocenters. The average molecular weight is 298 g/mol. The molecule has 1 fully saturated rings. The Balaban J connectivity index is 2.40. The van der Waals surface area contributed by atoms with Gasteiger partial charge in [0.1, 0.15) is 0 Å². The Morgan fingerprint density at radius 1 is 1.37 bits per heavy atom. The first kappa shape index (κ1) is 14.4. The van der Waals surface area contributed by atoms with Crippen molar-refractivity contribution >= 4 is 21.4 Å². The molecule has 0 radical (unpaired) electrons. The second kappa shape index (κ2) is 5.52. The van der Waals surface area contributed by atoms with Gasteiger partial charge in [0.15, 0.2) is 9.84 Å². The third-order valence-electron chi connectivity index (χ3n) is 3.74. The highest BCUT2D eigenvalue weighted by molar-refractivity contribution is 7.92. The lowest BCUT2D eigenvalue weighted by molar-refractivity contribution is 0.335. The van der Waals surface area contributed by atoms with Crippen LogP contribution in [0.4, 0.5) is 0 Å². The number of hydrogen-bond acceptors (Lipinski definition) is 3. The molecule has 0 N–H and O–H groups in total. The molecule has 19 heavy (non-hydrogen) atoms. The molecule has 1 aromatic carbocycles. The van der Waals surface area contributed by atoms with Gasteiger partial charge in [0.05, 0.1) is 22.1 Å². The molecule has 2 rings (SSSR count). The highest BCUT2D eigenvalue weighted by Gasteiger charge is 2.38. The van der Waals surface area contributed by atoms with Crippen LogP contribution in [-0.4, -0.2) is 13.7 Å². The summed E-state index contributed by atoms with van der Waals surface area (Å²) in [4.78, 5) is 0.222. The van der Waals surface area contributed by atoms with Crippen molar-refractivity contribution in [2.24, 2.45) is 11.8 Å². The molecule has 5 heteroatoms. The van der Waals surface area contributed by atoms with Gasteiger partial charge in [-0.1, -0.05) is 24.6 Å². The molecule has 0 aliphatic heterocycles. The quantitative estimate of drug-likeness (QED) is 0.840. The highest BCUT2D eigenvalue weighted by atomic mass is 35.5. The summed E-state index contributed by atoms with van der Waals surface area (Å²) in [5.74, 6) is -0.0799. The number of benzene rings is 1. The topological polar surface area (TPSA) is 57.9 Å². The molecule has 1 aromatic rings. The lowest BCUT2D eigenvalue weighted by atomic mass is 9.83. The number of hydrogen-bond donors (Lipinski definition) is 0. The summed E-state index contributed by atoms with van der Waals surface area (Å²) in [5.41, 5.74) is 0. The van der Waals surface area contributed by atoms with Crippen LogP contribution < -0.4 is 0 Å². The fourth-order valence-electron chi connectivity index (χ4n) is 2.64. The molecule has 1 aliphatic carbocycles. The molecule has 0 bridgehead atoms. The van der Waals surface area contributed by atoms with Crippen LogP contribution in [0.1, 0.15) is 26.2 Å². The zero-order valence-corrected chi connectivity index (χ0v) is 12.3. The van der Waals surface area contributed by atoms with Gasteiger partial charge in [0.25, 0.3) is 0 Å². The molecule has 0 saturated heterocycles. The van der Waals surface area contributed by atoms with Gasteiger partial charge in [0, 0.05) is 5.02 Å². The standard InChI is InChI=1S/C14H16ClNO2S/c1-10-5-6-11(9-16)14(7-10)19(17,18)13-4-2-3-12(15)8-13/h2-4,8,10-11,14H,5-7H2,1H3. The van der Waals surface area contributed by atoms with Crippen LogP contribution >= 0.6 is 11.6 Å². The Morgan fingerprint density at radius 2 is 2.11 bits per heavy atom. The third-order valence-corrected chi connectivity index (χ3v) is 6.21. The lowest BCUT2D eigenvalue weighted by Crippen LogP contribution is -2.35. The van der Waals surface area contributed by atoms with Crippen molar-refractivity contribution in [1.82, 2.24) is 0 Å². The lowest BCUT2D eigenvalue weighted by Gasteiger charge is -2.30. The second-order valence-electron chi connectivity index (χ2n) is 5.19. The van der Waals surface area contributed by atoms with Gasteiger partial charge in [-0.2, -0.15) is 5.26 Å². The van der Waals surface area contributed by atoms with Crippen molar-refractivity contribution in [3.8, 4) is 6.07 Å². The summed E-state index contributed by atoms with van der Waals surface area (Å²) in [5, 5.41) is 8.96. The molecular formula is C14H16ClNO2S. The number of nitrogens with zero attached hydrogens (tertiary/aromatic N) is 1. The summed E-state index contributed by atoms with van der Waals surface area (Å²) in [7, 11) is -3.49. The predicted octanol–water partition coefficient (Wildman–Crippen LogP) is 3.44. The zero-order valence-electron chi connectivity index (χ0n) is 10.7. The second-order valence-corrected chi connectivity index (χ2v) is 7.80. The largest absolute Gasteiger partial charge is 0.223 e. The van der Waals surface area contributed by atoms with Crippen molar-refractivity contribution in [3.05, 3.63) is 29.3 Å². The van der Waals surface area contributed by atoms with Gasteiger partial charge in [-0.3, -0.25) is 0 Å². The summed E-state index contributed by atoms with van der Waals surface area (Å²) in [6, 6.07) is 8.44. The number of nitriles is 1. The first-order chi connectivity index (χ1) is 8.95. The third kappa shape index (κ3) is 2.93. The Morgan fingerprint density at radius 3 is 2.74 bits per heavy atom. The maximum atomic E-state index is 12.6. The van der Waals surface area contributed by atoms with E-state index in [4.69, 9.17) is 11.6 Å². The minimum Gasteiger partial charge on any atom is -0.223 e. The van der Waals surface area contributed by atoms with E-state index in [0.717, 1.165) is 6.42 Å².